The van der Waals surface area contributed by atoms with Gasteiger partial charge in [0.05, 0.1) is 33.0 Å². The lowest BCUT2D eigenvalue weighted by Crippen LogP contribution is -2.24. The number of halogens is 3. The molecular formula is C25H22BrCl2N3O4. The Labute approximate surface area is 221 Å². The molecule has 0 spiro atoms. The quantitative estimate of drug-likeness (QED) is 0.170. The molecule has 3 aromatic rings. The second kappa shape index (κ2) is 13.1. The predicted octanol–water partition coefficient (Wildman–Crippen LogP) is 6.21. The summed E-state index contributed by atoms with van der Waals surface area (Å²) >= 11 is 15.5. The van der Waals surface area contributed by atoms with Crippen molar-refractivity contribution in [2.75, 3.05) is 11.9 Å². The number of amides is 2. The van der Waals surface area contributed by atoms with E-state index in [0.29, 0.717) is 45.5 Å². The lowest BCUT2D eigenvalue weighted by atomic mass is 10.2. The van der Waals surface area contributed by atoms with Crippen LogP contribution in [0.2, 0.25) is 10.0 Å². The summed E-state index contributed by atoms with van der Waals surface area (Å²) in [7, 11) is 0. The second-order valence-corrected chi connectivity index (χ2v) is 8.80. The van der Waals surface area contributed by atoms with E-state index in [0.717, 1.165) is 5.56 Å². The van der Waals surface area contributed by atoms with Crippen LogP contribution in [0.3, 0.4) is 0 Å². The van der Waals surface area contributed by atoms with Crippen LogP contribution in [0.15, 0.2) is 70.2 Å². The number of hydrogen-bond acceptors (Lipinski definition) is 5. The Balaban J connectivity index is 1.59. The molecule has 0 radical (unpaired) electrons. The van der Waals surface area contributed by atoms with E-state index in [2.05, 4.69) is 31.8 Å². The largest absolute Gasteiger partial charge is 0.490 e. The van der Waals surface area contributed by atoms with Gasteiger partial charge in [-0.3, -0.25) is 9.59 Å². The van der Waals surface area contributed by atoms with E-state index in [1.54, 1.807) is 30.3 Å². The Morgan fingerprint density at radius 1 is 1.03 bits per heavy atom. The average molecular weight is 579 g/mol. The third-order valence-electron chi connectivity index (χ3n) is 4.51. The van der Waals surface area contributed by atoms with Crippen molar-refractivity contribution in [1.29, 1.82) is 0 Å². The molecule has 3 aromatic carbocycles. The molecule has 10 heteroatoms. The van der Waals surface area contributed by atoms with Crippen LogP contribution in [0.5, 0.6) is 11.5 Å². The first-order chi connectivity index (χ1) is 16.9. The molecule has 182 valence electrons. The minimum atomic E-state index is -0.594. The molecule has 0 aliphatic heterocycles. The van der Waals surface area contributed by atoms with Crippen LogP contribution in [0.25, 0.3) is 0 Å². The Morgan fingerprint density at radius 2 is 1.80 bits per heavy atom. The van der Waals surface area contributed by atoms with Crippen molar-refractivity contribution in [2.45, 2.75) is 20.0 Å². The van der Waals surface area contributed by atoms with Gasteiger partial charge in [-0.25, -0.2) is 5.43 Å². The van der Waals surface area contributed by atoms with Gasteiger partial charge < -0.3 is 14.8 Å². The van der Waals surface area contributed by atoms with E-state index in [1.807, 2.05) is 37.3 Å². The van der Waals surface area contributed by atoms with Crippen LogP contribution in [-0.4, -0.2) is 24.6 Å². The normalized spacial score (nSPS) is 10.7. The topological polar surface area (TPSA) is 89.0 Å². The first-order valence-electron chi connectivity index (χ1n) is 10.6. The number of anilines is 1. The molecule has 0 aliphatic carbocycles. The number of hydrazone groups is 1. The molecule has 0 saturated carbocycles. The van der Waals surface area contributed by atoms with Crippen molar-refractivity contribution in [2.24, 2.45) is 5.10 Å². The summed E-state index contributed by atoms with van der Waals surface area (Å²) in [4.78, 5) is 24.2. The van der Waals surface area contributed by atoms with Crippen LogP contribution in [0.1, 0.15) is 24.5 Å². The number of ether oxygens (including phenoxy) is 2. The van der Waals surface area contributed by atoms with E-state index < -0.39 is 18.2 Å². The van der Waals surface area contributed by atoms with Crippen molar-refractivity contribution in [3.63, 3.8) is 0 Å². The molecule has 2 N–H and O–H groups in total. The van der Waals surface area contributed by atoms with E-state index in [1.165, 1.54) is 6.21 Å². The Hall–Kier alpha value is -3.07. The van der Waals surface area contributed by atoms with Gasteiger partial charge in [-0.15, -0.1) is 0 Å². The van der Waals surface area contributed by atoms with Crippen molar-refractivity contribution >= 4 is 62.8 Å². The lowest BCUT2D eigenvalue weighted by Gasteiger charge is -2.14. The van der Waals surface area contributed by atoms with Gasteiger partial charge >= 0.3 is 0 Å². The van der Waals surface area contributed by atoms with Crippen molar-refractivity contribution in [3.8, 4) is 11.5 Å². The maximum atomic E-state index is 12.1. The van der Waals surface area contributed by atoms with E-state index >= 15 is 0 Å². The minimum Gasteiger partial charge on any atom is -0.490 e. The summed E-state index contributed by atoms with van der Waals surface area (Å²) in [6.45, 7) is 2.69. The molecule has 35 heavy (non-hydrogen) atoms. The molecule has 0 saturated heterocycles. The second-order valence-electron chi connectivity index (χ2n) is 7.16. The fraction of sp³-hybridized carbons (Fsp3) is 0.160. The summed E-state index contributed by atoms with van der Waals surface area (Å²) < 4.78 is 12.4. The number of carbonyl (C=O) groups is 2. The molecular weight excluding hydrogens is 557 g/mol. The van der Waals surface area contributed by atoms with Crippen molar-refractivity contribution < 1.29 is 19.1 Å². The van der Waals surface area contributed by atoms with Gasteiger partial charge in [0, 0.05) is 0 Å². The SMILES string of the molecule is CCOc1cc(C=NNC(=O)CC(=O)Nc2cccc(Cl)c2Cl)cc(Br)c1OCc1ccccc1. The fourth-order valence-electron chi connectivity index (χ4n) is 2.95. The van der Waals surface area contributed by atoms with Crippen LogP contribution < -0.4 is 20.2 Å². The van der Waals surface area contributed by atoms with Gasteiger partial charge in [0.1, 0.15) is 13.0 Å². The molecule has 0 unspecified atom stereocenters. The smallest absolute Gasteiger partial charge is 0.249 e. The average Bonchev–Trinajstić information content (AvgIpc) is 2.82. The first-order valence-corrected chi connectivity index (χ1v) is 12.1. The van der Waals surface area contributed by atoms with E-state index in [9.17, 15) is 9.59 Å². The zero-order chi connectivity index (χ0) is 25.2. The molecule has 0 aliphatic rings. The molecule has 2 amide bonds. The molecule has 3 rings (SSSR count). The Kier molecular flexibility index (Phi) is 9.96. The molecule has 0 aromatic heterocycles. The molecule has 0 heterocycles. The maximum Gasteiger partial charge on any atom is 0.249 e. The standard InChI is InChI=1S/C25H22BrCl2N3O4/c1-2-34-21-12-17(11-18(26)25(21)35-15-16-7-4-3-5-8-16)14-29-31-23(33)13-22(32)30-20-10-6-9-19(27)24(20)28/h3-12,14H,2,13,15H2,1H3,(H,30,32)(H,31,33). The van der Waals surface area contributed by atoms with Gasteiger partial charge in [-0.05, 0) is 58.2 Å². The minimum absolute atomic E-state index is 0.202. The van der Waals surface area contributed by atoms with Crippen LogP contribution in [-0.2, 0) is 16.2 Å². The Morgan fingerprint density at radius 3 is 2.54 bits per heavy atom. The third kappa shape index (κ3) is 7.99. The molecule has 0 atom stereocenters. The zero-order valence-corrected chi connectivity index (χ0v) is 21.8. The third-order valence-corrected chi connectivity index (χ3v) is 5.92. The highest BCUT2D eigenvalue weighted by Gasteiger charge is 2.14. The highest BCUT2D eigenvalue weighted by atomic mass is 79.9. The highest BCUT2D eigenvalue weighted by molar-refractivity contribution is 9.10. The summed E-state index contributed by atoms with van der Waals surface area (Å²) in [5, 5.41) is 6.97. The van der Waals surface area contributed by atoms with Crippen LogP contribution in [0.4, 0.5) is 5.69 Å². The van der Waals surface area contributed by atoms with Crippen LogP contribution in [0, 0.1) is 0 Å². The number of rotatable bonds is 10. The molecule has 0 bridgehead atoms. The number of benzene rings is 3. The fourth-order valence-corrected chi connectivity index (χ4v) is 3.88. The van der Waals surface area contributed by atoms with Crippen molar-refractivity contribution in [1.82, 2.24) is 5.43 Å². The maximum absolute atomic E-state index is 12.1. The zero-order valence-electron chi connectivity index (χ0n) is 18.7. The summed E-state index contributed by atoms with van der Waals surface area (Å²) in [5.41, 5.74) is 4.33. The molecule has 7 nitrogen and oxygen atoms in total. The van der Waals surface area contributed by atoms with Crippen LogP contribution >= 0.6 is 39.1 Å². The summed E-state index contributed by atoms with van der Waals surface area (Å²) in [6, 6.07) is 18.1. The number of hydrogen-bond donors (Lipinski definition) is 2. The number of carbonyl (C=O) groups excluding carboxylic acids is 2. The number of nitrogens with zero attached hydrogens (tertiary/aromatic N) is 1. The monoisotopic (exact) mass is 577 g/mol. The summed E-state index contributed by atoms with van der Waals surface area (Å²) in [6.07, 6.45) is 0.998. The summed E-state index contributed by atoms with van der Waals surface area (Å²) in [5.74, 6) is -0.0522. The molecule has 0 fully saturated rings. The number of nitrogens with one attached hydrogen (secondary N) is 2. The predicted molar refractivity (Wildman–Crippen MR) is 142 cm³/mol. The van der Waals surface area contributed by atoms with Crippen molar-refractivity contribution in [3.05, 3.63) is 86.3 Å². The van der Waals surface area contributed by atoms with E-state index in [4.69, 9.17) is 32.7 Å². The van der Waals surface area contributed by atoms with Gasteiger partial charge in [0.2, 0.25) is 11.8 Å². The van der Waals surface area contributed by atoms with Gasteiger partial charge in [0.25, 0.3) is 0 Å². The highest BCUT2D eigenvalue weighted by Crippen LogP contribution is 2.37. The lowest BCUT2D eigenvalue weighted by molar-refractivity contribution is -0.126. The first kappa shape index (κ1) is 26.5. The van der Waals surface area contributed by atoms with Gasteiger partial charge in [-0.1, -0.05) is 59.6 Å². The Bertz CT molecular complexity index is 1220. The van der Waals surface area contributed by atoms with Gasteiger partial charge in [-0.2, -0.15) is 5.10 Å². The van der Waals surface area contributed by atoms with Gasteiger partial charge in [0.15, 0.2) is 11.5 Å². The van der Waals surface area contributed by atoms with E-state index in [-0.39, 0.29) is 5.02 Å².